The highest BCUT2D eigenvalue weighted by molar-refractivity contribution is 8.15. The first-order chi connectivity index (χ1) is 10.6. The van der Waals surface area contributed by atoms with E-state index >= 15 is 0 Å². The van der Waals surface area contributed by atoms with Crippen LogP contribution in [0.25, 0.3) is 0 Å². The third-order valence-corrected chi connectivity index (χ3v) is 3.62. The van der Waals surface area contributed by atoms with Crippen LogP contribution < -0.4 is 10.1 Å². The molecule has 1 N–H and O–H groups in total. The number of allylic oxidation sites excluding steroid dienone is 1. The predicted octanol–water partition coefficient (Wildman–Crippen LogP) is 2.76. The van der Waals surface area contributed by atoms with Crippen molar-refractivity contribution in [3.63, 3.8) is 0 Å². The van der Waals surface area contributed by atoms with Crippen LogP contribution in [0, 0.1) is 0 Å². The van der Waals surface area contributed by atoms with Gasteiger partial charge in [-0.25, -0.2) is 0 Å². The number of thioether (sulfide) groups is 1. The van der Waals surface area contributed by atoms with Crippen LogP contribution in [-0.2, 0) is 11.2 Å². The van der Waals surface area contributed by atoms with Gasteiger partial charge in [-0.05, 0) is 49.6 Å². The highest BCUT2D eigenvalue weighted by Gasteiger charge is 2.15. The van der Waals surface area contributed by atoms with Gasteiger partial charge in [-0.3, -0.25) is 4.79 Å². The van der Waals surface area contributed by atoms with Crippen LogP contribution in [-0.4, -0.2) is 29.1 Å². The van der Waals surface area contributed by atoms with Crippen LogP contribution in [0.4, 0.5) is 0 Å². The fourth-order valence-electron chi connectivity index (χ4n) is 1.89. The van der Waals surface area contributed by atoms with Crippen molar-refractivity contribution in [1.29, 1.82) is 0 Å². The molecule has 1 aromatic rings. The lowest BCUT2D eigenvalue weighted by Gasteiger charge is -2.13. The molecule has 1 aliphatic heterocycles. The van der Waals surface area contributed by atoms with E-state index in [4.69, 9.17) is 4.74 Å². The van der Waals surface area contributed by atoms with Crippen LogP contribution in [0.3, 0.4) is 0 Å². The Bertz CT molecular complexity index is 624. The first-order valence-electron chi connectivity index (χ1n) is 7.02. The molecule has 0 bridgehead atoms. The number of amidine groups is 1. The van der Waals surface area contributed by atoms with E-state index in [0.717, 1.165) is 23.3 Å². The molecule has 1 aliphatic rings. The fraction of sp³-hybridized carbons (Fsp3) is 0.312. The van der Waals surface area contributed by atoms with E-state index in [1.54, 1.807) is 6.21 Å². The normalized spacial score (nSPS) is 16.5. The van der Waals surface area contributed by atoms with Crippen molar-refractivity contribution in [2.75, 3.05) is 5.75 Å². The number of nitrogens with zero attached hydrogens (tertiary/aromatic N) is 2. The topological polar surface area (TPSA) is 63.0 Å². The maximum Gasteiger partial charge on any atom is 0.236 e. The second-order valence-electron chi connectivity index (χ2n) is 5.01. The van der Waals surface area contributed by atoms with E-state index in [1.165, 1.54) is 11.8 Å². The van der Waals surface area contributed by atoms with Gasteiger partial charge >= 0.3 is 0 Å². The molecule has 0 radical (unpaired) electrons. The van der Waals surface area contributed by atoms with Gasteiger partial charge in [0.1, 0.15) is 5.75 Å². The van der Waals surface area contributed by atoms with Crippen molar-refractivity contribution in [2.45, 2.75) is 26.4 Å². The summed E-state index contributed by atoms with van der Waals surface area (Å²) >= 11 is 1.35. The van der Waals surface area contributed by atoms with E-state index in [1.807, 2.05) is 38.1 Å². The van der Waals surface area contributed by atoms with Crippen LogP contribution in [0.1, 0.15) is 25.0 Å². The Hall–Kier alpha value is -2.08. The summed E-state index contributed by atoms with van der Waals surface area (Å²) in [5.41, 5.74) is 1.98. The van der Waals surface area contributed by atoms with Gasteiger partial charge in [-0.15, -0.1) is 11.7 Å². The van der Waals surface area contributed by atoms with Gasteiger partial charge in [0.2, 0.25) is 5.91 Å². The van der Waals surface area contributed by atoms with Gasteiger partial charge < -0.3 is 10.1 Å². The minimum absolute atomic E-state index is 0.0394. The molecule has 2 rings (SSSR count). The number of nitrogens with one attached hydrogen (secondary N) is 1. The number of hydrogen-bond acceptors (Lipinski definition) is 5. The molecule has 1 heterocycles. The molecule has 116 valence electrons. The van der Waals surface area contributed by atoms with Crippen molar-refractivity contribution < 1.29 is 9.53 Å². The molecule has 1 aromatic carbocycles. The van der Waals surface area contributed by atoms with Crippen molar-refractivity contribution in [3.05, 3.63) is 42.0 Å². The Morgan fingerprint density at radius 2 is 2.32 bits per heavy atom. The van der Waals surface area contributed by atoms with Crippen molar-refractivity contribution in [3.8, 4) is 5.75 Å². The van der Waals surface area contributed by atoms with Gasteiger partial charge in [0.15, 0.2) is 5.17 Å². The average Bonchev–Trinajstić information content (AvgIpc) is 2.87. The van der Waals surface area contributed by atoms with E-state index in [0.29, 0.717) is 10.9 Å². The van der Waals surface area contributed by atoms with E-state index in [2.05, 4.69) is 22.1 Å². The quantitative estimate of drug-likeness (QED) is 0.498. The lowest BCUT2D eigenvalue weighted by molar-refractivity contribution is -0.116. The van der Waals surface area contributed by atoms with Crippen molar-refractivity contribution >= 4 is 29.1 Å². The van der Waals surface area contributed by atoms with Crippen LogP contribution in [0.2, 0.25) is 0 Å². The Morgan fingerprint density at radius 3 is 2.95 bits per heavy atom. The summed E-state index contributed by atoms with van der Waals surface area (Å²) in [6, 6.07) is 5.86. The number of rotatable bonds is 6. The van der Waals surface area contributed by atoms with Gasteiger partial charge in [0, 0.05) is 0 Å². The van der Waals surface area contributed by atoms with Gasteiger partial charge in [0.25, 0.3) is 0 Å². The zero-order valence-electron chi connectivity index (χ0n) is 12.7. The first-order valence-corrected chi connectivity index (χ1v) is 8.01. The number of carbonyl (C=O) groups is 1. The molecule has 0 saturated carbocycles. The van der Waals surface area contributed by atoms with Gasteiger partial charge in [-0.1, -0.05) is 17.8 Å². The summed E-state index contributed by atoms with van der Waals surface area (Å²) in [7, 11) is 0. The van der Waals surface area contributed by atoms with E-state index in [9.17, 15) is 4.79 Å². The van der Waals surface area contributed by atoms with Crippen LogP contribution in [0.5, 0.6) is 5.75 Å². The Kier molecular flexibility index (Phi) is 5.77. The number of benzene rings is 1. The van der Waals surface area contributed by atoms with E-state index in [-0.39, 0.29) is 12.0 Å². The second-order valence-corrected chi connectivity index (χ2v) is 5.98. The molecule has 0 atom stereocenters. The minimum Gasteiger partial charge on any atom is -0.491 e. The predicted molar refractivity (Wildman–Crippen MR) is 91.7 cm³/mol. The molecule has 1 fully saturated rings. The summed E-state index contributed by atoms with van der Waals surface area (Å²) in [5, 5.41) is 11.2. The molecule has 0 spiro atoms. The van der Waals surface area contributed by atoms with Crippen LogP contribution >= 0.6 is 11.8 Å². The SMILES string of the molecule is C=CCc1cc(C=NN=C2NC(=O)CS2)ccc1OC(C)C. The highest BCUT2D eigenvalue weighted by Crippen LogP contribution is 2.22. The molecular formula is C16H19N3O2S. The summed E-state index contributed by atoms with van der Waals surface area (Å²) in [6.45, 7) is 7.77. The second kappa shape index (κ2) is 7.79. The number of hydrogen-bond donors (Lipinski definition) is 1. The Balaban J connectivity index is 2.12. The lowest BCUT2D eigenvalue weighted by Crippen LogP contribution is -2.19. The Morgan fingerprint density at radius 1 is 1.50 bits per heavy atom. The smallest absolute Gasteiger partial charge is 0.236 e. The molecule has 22 heavy (non-hydrogen) atoms. The summed E-state index contributed by atoms with van der Waals surface area (Å²) < 4.78 is 5.78. The molecular weight excluding hydrogens is 298 g/mol. The van der Waals surface area contributed by atoms with Crippen LogP contribution in [0.15, 0.2) is 41.1 Å². The van der Waals surface area contributed by atoms with Gasteiger partial charge in [-0.2, -0.15) is 5.10 Å². The summed E-state index contributed by atoms with van der Waals surface area (Å²) in [6.07, 6.45) is 4.35. The summed E-state index contributed by atoms with van der Waals surface area (Å²) in [4.78, 5) is 11.0. The monoisotopic (exact) mass is 317 g/mol. The first kappa shape index (κ1) is 16.3. The van der Waals surface area contributed by atoms with E-state index < -0.39 is 0 Å². The van der Waals surface area contributed by atoms with Crippen molar-refractivity contribution in [2.24, 2.45) is 10.2 Å². The third-order valence-electron chi connectivity index (χ3n) is 2.75. The fourth-order valence-corrected chi connectivity index (χ4v) is 2.52. The number of ether oxygens (including phenoxy) is 1. The third kappa shape index (κ3) is 4.73. The highest BCUT2D eigenvalue weighted by atomic mass is 32.2. The lowest BCUT2D eigenvalue weighted by atomic mass is 10.1. The molecule has 1 saturated heterocycles. The minimum atomic E-state index is -0.0394. The molecule has 0 aliphatic carbocycles. The number of carbonyl (C=O) groups excluding carboxylic acids is 1. The molecule has 5 nitrogen and oxygen atoms in total. The maximum absolute atomic E-state index is 11.0. The summed E-state index contributed by atoms with van der Waals surface area (Å²) in [5.74, 6) is 1.22. The standard InChI is InChI=1S/C16H19N3O2S/c1-4-5-13-8-12(6-7-14(13)21-11(2)3)9-17-19-16-18-15(20)10-22-16/h4,6-9,11H,1,5,10H2,2-3H3,(H,18,19,20). The average molecular weight is 317 g/mol. The van der Waals surface area contributed by atoms with Crippen molar-refractivity contribution in [1.82, 2.24) is 5.32 Å². The number of amides is 1. The molecule has 0 aromatic heterocycles. The Labute approximate surface area is 134 Å². The largest absolute Gasteiger partial charge is 0.491 e. The maximum atomic E-state index is 11.0. The molecule has 1 amide bonds. The zero-order valence-corrected chi connectivity index (χ0v) is 13.5. The molecule has 0 unspecified atom stereocenters. The van der Waals surface area contributed by atoms with Gasteiger partial charge in [0.05, 0.1) is 18.1 Å². The zero-order chi connectivity index (χ0) is 15.9. The molecule has 6 heteroatoms.